The molecule has 0 amide bonds. The fraction of sp³-hybridized carbons (Fsp3) is 0.333. The number of benzene rings is 1. The Morgan fingerprint density at radius 1 is 1.15 bits per heavy atom. The first-order valence-electron chi connectivity index (χ1n) is 6.27. The van der Waals surface area contributed by atoms with E-state index in [0.717, 1.165) is 6.42 Å². The number of ether oxygens (including phenoxy) is 3. The van der Waals surface area contributed by atoms with Crippen LogP contribution in [0.5, 0.6) is 0 Å². The predicted octanol–water partition coefficient (Wildman–Crippen LogP) is 2.57. The Morgan fingerprint density at radius 2 is 1.80 bits per heavy atom. The van der Waals surface area contributed by atoms with E-state index in [9.17, 15) is 9.59 Å². The molecule has 108 valence electrons. The van der Waals surface area contributed by atoms with E-state index in [1.807, 2.05) is 0 Å². The topological polar surface area (TPSA) is 61.8 Å². The van der Waals surface area contributed by atoms with Crippen molar-refractivity contribution in [1.82, 2.24) is 0 Å². The van der Waals surface area contributed by atoms with E-state index in [-0.39, 0.29) is 0 Å². The molecule has 0 saturated heterocycles. The van der Waals surface area contributed by atoms with Crippen molar-refractivity contribution in [1.29, 1.82) is 0 Å². The highest BCUT2D eigenvalue weighted by molar-refractivity contribution is 5.95. The third-order valence-corrected chi connectivity index (χ3v) is 2.53. The summed E-state index contributed by atoms with van der Waals surface area (Å²) in [5.41, 5.74) is 0.650. The average Bonchev–Trinajstić information content (AvgIpc) is 2.49. The molecule has 0 atom stereocenters. The Balaban J connectivity index is 2.43. The zero-order chi connectivity index (χ0) is 14.8. The molecule has 0 unspecified atom stereocenters. The first-order valence-corrected chi connectivity index (χ1v) is 6.27. The number of carbonyl (C=O) groups excluding carboxylic acids is 2. The highest BCUT2D eigenvalue weighted by Crippen LogP contribution is 2.08. The van der Waals surface area contributed by atoms with Crippen LogP contribution in [0.2, 0.25) is 0 Å². The fourth-order valence-electron chi connectivity index (χ4n) is 1.51. The lowest BCUT2D eigenvalue weighted by Gasteiger charge is -2.06. The lowest BCUT2D eigenvalue weighted by molar-refractivity contribution is 0.0491. The van der Waals surface area contributed by atoms with Gasteiger partial charge in [-0.05, 0) is 31.0 Å². The van der Waals surface area contributed by atoms with Crippen LogP contribution >= 0.6 is 0 Å². The summed E-state index contributed by atoms with van der Waals surface area (Å²) in [6, 6.07) is 6.24. The highest BCUT2D eigenvalue weighted by Gasteiger charge is 2.11. The molecule has 1 aromatic rings. The summed E-state index contributed by atoms with van der Waals surface area (Å²) in [6.45, 7) is 4.29. The molecule has 0 spiro atoms. The summed E-state index contributed by atoms with van der Waals surface area (Å²) in [5, 5.41) is 0. The SMILES string of the molecule is C=COCCCCOC(=O)c1cccc(C(=O)OC)c1. The van der Waals surface area contributed by atoms with E-state index >= 15 is 0 Å². The molecular weight excluding hydrogens is 260 g/mol. The smallest absolute Gasteiger partial charge is 0.338 e. The Bertz CT molecular complexity index is 467. The molecule has 5 heteroatoms. The maximum atomic E-state index is 11.8. The zero-order valence-electron chi connectivity index (χ0n) is 11.5. The molecule has 0 bridgehead atoms. The van der Waals surface area contributed by atoms with E-state index in [4.69, 9.17) is 9.47 Å². The molecule has 5 nitrogen and oxygen atoms in total. The van der Waals surface area contributed by atoms with Gasteiger partial charge in [0.25, 0.3) is 0 Å². The third-order valence-electron chi connectivity index (χ3n) is 2.53. The Morgan fingerprint density at radius 3 is 2.45 bits per heavy atom. The lowest BCUT2D eigenvalue weighted by Crippen LogP contribution is -2.09. The summed E-state index contributed by atoms with van der Waals surface area (Å²) in [7, 11) is 1.29. The molecule has 0 radical (unpaired) electrons. The summed E-state index contributed by atoms with van der Waals surface area (Å²) in [6.07, 6.45) is 2.86. The minimum Gasteiger partial charge on any atom is -0.502 e. The van der Waals surface area contributed by atoms with Gasteiger partial charge in [0.2, 0.25) is 0 Å². The van der Waals surface area contributed by atoms with Gasteiger partial charge < -0.3 is 14.2 Å². The molecule has 0 aliphatic carbocycles. The van der Waals surface area contributed by atoms with Gasteiger partial charge in [-0.15, -0.1) is 0 Å². The van der Waals surface area contributed by atoms with Gasteiger partial charge in [0.1, 0.15) is 0 Å². The number of hydrogen-bond donors (Lipinski definition) is 0. The summed E-state index contributed by atoms with van der Waals surface area (Å²) < 4.78 is 14.6. The maximum absolute atomic E-state index is 11.8. The maximum Gasteiger partial charge on any atom is 0.338 e. The second-order valence-corrected chi connectivity index (χ2v) is 3.95. The van der Waals surface area contributed by atoms with Crippen LogP contribution in [0.3, 0.4) is 0 Å². The standard InChI is InChI=1S/C15H18O5/c1-3-19-9-4-5-10-20-15(17)13-8-6-7-12(11-13)14(16)18-2/h3,6-8,11H,1,4-5,9-10H2,2H3. The van der Waals surface area contributed by atoms with Crippen molar-refractivity contribution in [3.63, 3.8) is 0 Å². The van der Waals surface area contributed by atoms with Crippen molar-refractivity contribution in [3.05, 3.63) is 48.2 Å². The van der Waals surface area contributed by atoms with Crippen molar-refractivity contribution < 1.29 is 23.8 Å². The molecule has 1 rings (SSSR count). The second-order valence-electron chi connectivity index (χ2n) is 3.95. The Kier molecular flexibility index (Phi) is 6.89. The van der Waals surface area contributed by atoms with Gasteiger partial charge in [-0.3, -0.25) is 0 Å². The number of unbranched alkanes of at least 4 members (excludes halogenated alkanes) is 1. The average molecular weight is 278 g/mol. The Hall–Kier alpha value is -2.30. The van der Waals surface area contributed by atoms with Crippen molar-refractivity contribution in [2.24, 2.45) is 0 Å². The Labute approximate surface area is 118 Å². The first kappa shape index (κ1) is 15.8. The number of rotatable bonds is 8. The van der Waals surface area contributed by atoms with Gasteiger partial charge in [0, 0.05) is 0 Å². The van der Waals surface area contributed by atoms with Crippen LogP contribution in [-0.2, 0) is 14.2 Å². The van der Waals surface area contributed by atoms with Gasteiger partial charge in [-0.25, -0.2) is 9.59 Å². The molecule has 0 aliphatic rings. The molecule has 0 N–H and O–H groups in total. The molecule has 20 heavy (non-hydrogen) atoms. The van der Waals surface area contributed by atoms with E-state index in [0.29, 0.717) is 30.8 Å². The molecular formula is C15H18O5. The van der Waals surface area contributed by atoms with Gasteiger partial charge in [0.05, 0.1) is 37.7 Å². The van der Waals surface area contributed by atoms with E-state index < -0.39 is 11.9 Å². The van der Waals surface area contributed by atoms with Crippen molar-refractivity contribution in [2.45, 2.75) is 12.8 Å². The number of hydrogen-bond acceptors (Lipinski definition) is 5. The van der Waals surface area contributed by atoms with Crippen LogP contribution in [0.15, 0.2) is 37.1 Å². The van der Waals surface area contributed by atoms with E-state index in [1.165, 1.54) is 19.4 Å². The summed E-state index contributed by atoms with van der Waals surface area (Å²) >= 11 is 0. The molecule has 0 saturated carbocycles. The van der Waals surface area contributed by atoms with Gasteiger partial charge >= 0.3 is 11.9 Å². The summed E-state index contributed by atoms with van der Waals surface area (Å²) in [4.78, 5) is 23.1. The largest absolute Gasteiger partial charge is 0.502 e. The molecule has 0 aliphatic heterocycles. The van der Waals surface area contributed by atoms with Gasteiger partial charge in [-0.2, -0.15) is 0 Å². The minimum atomic E-state index is -0.485. The van der Waals surface area contributed by atoms with E-state index in [2.05, 4.69) is 11.3 Å². The molecule has 1 aromatic carbocycles. The number of methoxy groups -OCH3 is 1. The predicted molar refractivity (Wildman–Crippen MR) is 73.4 cm³/mol. The zero-order valence-corrected chi connectivity index (χ0v) is 11.5. The van der Waals surface area contributed by atoms with Gasteiger partial charge in [-0.1, -0.05) is 12.6 Å². The first-order chi connectivity index (χ1) is 9.69. The number of carbonyl (C=O) groups is 2. The fourth-order valence-corrected chi connectivity index (χ4v) is 1.51. The highest BCUT2D eigenvalue weighted by atomic mass is 16.5. The van der Waals surface area contributed by atoms with Crippen LogP contribution in [0.25, 0.3) is 0 Å². The van der Waals surface area contributed by atoms with Gasteiger partial charge in [0.15, 0.2) is 0 Å². The van der Waals surface area contributed by atoms with Crippen molar-refractivity contribution in [2.75, 3.05) is 20.3 Å². The molecule has 0 aromatic heterocycles. The molecule has 0 fully saturated rings. The van der Waals surface area contributed by atoms with Crippen molar-refractivity contribution in [3.8, 4) is 0 Å². The number of esters is 2. The monoisotopic (exact) mass is 278 g/mol. The minimum absolute atomic E-state index is 0.307. The van der Waals surface area contributed by atoms with Crippen LogP contribution in [0.1, 0.15) is 33.6 Å². The molecule has 0 heterocycles. The van der Waals surface area contributed by atoms with Crippen LogP contribution in [0, 0.1) is 0 Å². The summed E-state index contributed by atoms with van der Waals surface area (Å²) in [5.74, 6) is -0.943. The normalized spacial score (nSPS) is 9.65. The van der Waals surface area contributed by atoms with Crippen LogP contribution < -0.4 is 0 Å². The van der Waals surface area contributed by atoms with E-state index in [1.54, 1.807) is 18.2 Å². The van der Waals surface area contributed by atoms with Crippen molar-refractivity contribution >= 4 is 11.9 Å². The van der Waals surface area contributed by atoms with Crippen LogP contribution in [-0.4, -0.2) is 32.3 Å². The second kappa shape index (κ2) is 8.74. The lowest BCUT2D eigenvalue weighted by atomic mass is 10.1. The quantitative estimate of drug-likeness (QED) is 0.415. The third kappa shape index (κ3) is 5.14. The van der Waals surface area contributed by atoms with Crippen LogP contribution in [0.4, 0.5) is 0 Å².